The number of nitrogens with two attached hydrogens (primary N) is 1. The molecule has 1 aliphatic rings. The third-order valence-electron chi connectivity index (χ3n) is 3.63. The third-order valence-corrected chi connectivity index (χ3v) is 3.63. The van der Waals surface area contributed by atoms with Crippen molar-refractivity contribution in [3.63, 3.8) is 0 Å². The fourth-order valence-corrected chi connectivity index (χ4v) is 2.51. The summed E-state index contributed by atoms with van der Waals surface area (Å²) in [5.74, 6) is 0. The SMILES string of the molecule is NCC1CN(Cc2ccc(-n3ccnc3)cc2)CCO1. The Kier molecular flexibility index (Phi) is 4.11. The molecule has 5 nitrogen and oxygen atoms in total. The van der Waals surface area contributed by atoms with Gasteiger partial charge in [0.25, 0.3) is 0 Å². The van der Waals surface area contributed by atoms with Crippen LogP contribution in [-0.2, 0) is 11.3 Å². The molecule has 1 fully saturated rings. The molecule has 2 N–H and O–H groups in total. The summed E-state index contributed by atoms with van der Waals surface area (Å²) in [6.45, 7) is 4.20. The number of nitrogens with zero attached hydrogens (tertiary/aromatic N) is 3. The van der Waals surface area contributed by atoms with Gasteiger partial charge < -0.3 is 15.0 Å². The van der Waals surface area contributed by atoms with E-state index in [0.29, 0.717) is 6.54 Å². The van der Waals surface area contributed by atoms with Crippen LogP contribution in [0.15, 0.2) is 43.0 Å². The predicted octanol–water partition coefficient (Wildman–Crippen LogP) is 1.03. The molecule has 0 bridgehead atoms. The lowest BCUT2D eigenvalue weighted by Crippen LogP contribution is -2.45. The maximum atomic E-state index is 5.67. The topological polar surface area (TPSA) is 56.3 Å². The summed E-state index contributed by atoms with van der Waals surface area (Å²) in [6, 6.07) is 8.58. The second-order valence-electron chi connectivity index (χ2n) is 5.10. The minimum atomic E-state index is 0.175. The number of hydrogen-bond acceptors (Lipinski definition) is 4. The zero-order valence-corrected chi connectivity index (χ0v) is 11.5. The molecule has 20 heavy (non-hydrogen) atoms. The highest BCUT2D eigenvalue weighted by Crippen LogP contribution is 2.13. The van der Waals surface area contributed by atoms with Gasteiger partial charge in [-0.3, -0.25) is 4.90 Å². The van der Waals surface area contributed by atoms with Gasteiger partial charge in [-0.15, -0.1) is 0 Å². The number of imidazole rings is 1. The average Bonchev–Trinajstić information content (AvgIpc) is 3.02. The molecule has 106 valence electrons. The molecule has 1 aromatic carbocycles. The van der Waals surface area contributed by atoms with Crippen LogP contribution in [0.3, 0.4) is 0 Å². The van der Waals surface area contributed by atoms with E-state index in [-0.39, 0.29) is 6.10 Å². The Hall–Kier alpha value is -1.69. The second-order valence-corrected chi connectivity index (χ2v) is 5.10. The maximum Gasteiger partial charge on any atom is 0.0991 e. The summed E-state index contributed by atoms with van der Waals surface area (Å²) >= 11 is 0. The first-order valence-electron chi connectivity index (χ1n) is 6.96. The molecule has 1 saturated heterocycles. The normalized spacial score (nSPS) is 20.1. The van der Waals surface area contributed by atoms with Crippen LogP contribution in [0.1, 0.15) is 5.56 Å². The molecular formula is C15H20N4O. The molecule has 2 aromatic rings. The molecule has 0 aliphatic carbocycles. The van der Waals surface area contributed by atoms with E-state index in [2.05, 4.69) is 34.1 Å². The van der Waals surface area contributed by atoms with E-state index in [1.165, 1.54) is 5.56 Å². The first-order chi connectivity index (χ1) is 9.85. The van der Waals surface area contributed by atoms with Crippen molar-refractivity contribution >= 4 is 0 Å². The standard InChI is InChI=1S/C15H20N4O/c16-9-15-11-18(7-8-20-15)10-13-1-3-14(4-2-13)19-6-5-17-12-19/h1-6,12,15H,7-11,16H2. The molecule has 0 radical (unpaired) electrons. The Morgan fingerprint density at radius 3 is 2.85 bits per heavy atom. The fraction of sp³-hybridized carbons (Fsp3) is 0.400. The third kappa shape index (κ3) is 3.07. The number of benzene rings is 1. The lowest BCUT2D eigenvalue weighted by atomic mass is 10.1. The summed E-state index contributed by atoms with van der Waals surface area (Å²) in [5, 5.41) is 0. The average molecular weight is 272 g/mol. The van der Waals surface area contributed by atoms with Crippen molar-refractivity contribution < 1.29 is 4.74 Å². The Labute approximate surface area is 119 Å². The lowest BCUT2D eigenvalue weighted by molar-refractivity contribution is -0.0260. The Bertz CT molecular complexity index is 523. The fourth-order valence-electron chi connectivity index (χ4n) is 2.51. The summed E-state index contributed by atoms with van der Waals surface area (Å²) < 4.78 is 7.59. The first-order valence-corrected chi connectivity index (χ1v) is 6.96. The molecule has 1 atom stereocenters. The maximum absolute atomic E-state index is 5.67. The van der Waals surface area contributed by atoms with E-state index in [1.807, 2.05) is 17.1 Å². The second kappa shape index (κ2) is 6.17. The van der Waals surface area contributed by atoms with Gasteiger partial charge in [-0.1, -0.05) is 12.1 Å². The van der Waals surface area contributed by atoms with Crippen LogP contribution < -0.4 is 5.73 Å². The highest BCUT2D eigenvalue weighted by Gasteiger charge is 2.18. The molecule has 1 aromatic heterocycles. The van der Waals surface area contributed by atoms with Gasteiger partial charge in [0, 0.05) is 44.3 Å². The zero-order chi connectivity index (χ0) is 13.8. The number of morpholine rings is 1. The van der Waals surface area contributed by atoms with Crippen LogP contribution >= 0.6 is 0 Å². The molecular weight excluding hydrogens is 252 g/mol. The van der Waals surface area contributed by atoms with Gasteiger partial charge in [0.05, 0.1) is 19.0 Å². The van der Waals surface area contributed by atoms with Gasteiger partial charge in [-0.25, -0.2) is 4.98 Å². The molecule has 1 unspecified atom stereocenters. The van der Waals surface area contributed by atoms with Gasteiger partial charge in [0.15, 0.2) is 0 Å². The molecule has 0 spiro atoms. The van der Waals surface area contributed by atoms with Gasteiger partial charge in [-0.2, -0.15) is 0 Å². The molecule has 0 amide bonds. The Morgan fingerprint density at radius 1 is 1.30 bits per heavy atom. The Morgan fingerprint density at radius 2 is 2.15 bits per heavy atom. The van der Waals surface area contributed by atoms with E-state index in [4.69, 9.17) is 10.5 Å². The zero-order valence-electron chi connectivity index (χ0n) is 11.5. The number of rotatable bonds is 4. The summed E-state index contributed by atoms with van der Waals surface area (Å²) in [7, 11) is 0. The van der Waals surface area contributed by atoms with Gasteiger partial charge in [0.2, 0.25) is 0 Å². The lowest BCUT2D eigenvalue weighted by Gasteiger charge is -2.32. The van der Waals surface area contributed by atoms with Crippen LogP contribution in [0.5, 0.6) is 0 Å². The van der Waals surface area contributed by atoms with Gasteiger partial charge >= 0.3 is 0 Å². The van der Waals surface area contributed by atoms with Crippen LogP contribution in [0.4, 0.5) is 0 Å². The van der Waals surface area contributed by atoms with E-state index in [9.17, 15) is 0 Å². The van der Waals surface area contributed by atoms with Crippen molar-refractivity contribution in [2.45, 2.75) is 12.6 Å². The van der Waals surface area contributed by atoms with Crippen molar-refractivity contribution in [2.75, 3.05) is 26.2 Å². The van der Waals surface area contributed by atoms with Crippen molar-refractivity contribution in [3.8, 4) is 5.69 Å². The van der Waals surface area contributed by atoms with E-state index in [0.717, 1.165) is 31.9 Å². The van der Waals surface area contributed by atoms with E-state index in [1.54, 1.807) is 6.20 Å². The molecule has 3 rings (SSSR count). The van der Waals surface area contributed by atoms with Crippen molar-refractivity contribution in [2.24, 2.45) is 5.73 Å². The minimum Gasteiger partial charge on any atom is -0.374 e. The number of ether oxygens (including phenoxy) is 1. The highest BCUT2D eigenvalue weighted by molar-refractivity contribution is 5.34. The Balaban J connectivity index is 1.63. The van der Waals surface area contributed by atoms with Crippen molar-refractivity contribution in [1.29, 1.82) is 0 Å². The largest absolute Gasteiger partial charge is 0.374 e. The summed E-state index contributed by atoms with van der Waals surface area (Å²) in [6.07, 6.45) is 5.72. The van der Waals surface area contributed by atoms with E-state index < -0.39 is 0 Å². The summed E-state index contributed by atoms with van der Waals surface area (Å²) in [5.41, 5.74) is 8.12. The molecule has 0 saturated carbocycles. The minimum absolute atomic E-state index is 0.175. The number of hydrogen-bond donors (Lipinski definition) is 1. The van der Waals surface area contributed by atoms with Crippen LogP contribution in [0, 0.1) is 0 Å². The van der Waals surface area contributed by atoms with Crippen LogP contribution in [-0.4, -0.2) is 46.8 Å². The first kappa shape index (κ1) is 13.3. The highest BCUT2D eigenvalue weighted by atomic mass is 16.5. The monoisotopic (exact) mass is 272 g/mol. The quantitative estimate of drug-likeness (QED) is 0.903. The molecule has 2 heterocycles. The van der Waals surface area contributed by atoms with Crippen LogP contribution in [0.2, 0.25) is 0 Å². The summed E-state index contributed by atoms with van der Waals surface area (Å²) in [4.78, 5) is 6.46. The van der Waals surface area contributed by atoms with Gasteiger partial charge in [0.1, 0.15) is 0 Å². The smallest absolute Gasteiger partial charge is 0.0991 e. The molecule has 5 heteroatoms. The van der Waals surface area contributed by atoms with Crippen molar-refractivity contribution in [3.05, 3.63) is 48.5 Å². The van der Waals surface area contributed by atoms with Crippen molar-refractivity contribution in [1.82, 2.24) is 14.5 Å². The van der Waals surface area contributed by atoms with Gasteiger partial charge in [-0.05, 0) is 17.7 Å². The number of aromatic nitrogens is 2. The molecule has 1 aliphatic heterocycles. The van der Waals surface area contributed by atoms with Crippen LogP contribution in [0.25, 0.3) is 5.69 Å². The van der Waals surface area contributed by atoms with E-state index >= 15 is 0 Å². The predicted molar refractivity (Wildman–Crippen MR) is 77.6 cm³/mol.